The minimum Gasteiger partial charge on any atom is -0.486 e. The van der Waals surface area contributed by atoms with E-state index >= 15 is 0 Å². The van der Waals surface area contributed by atoms with Crippen LogP contribution in [0.2, 0.25) is 10.0 Å². The number of benzene rings is 3. The predicted octanol–water partition coefficient (Wildman–Crippen LogP) is 6.33. The summed E-state index contributed by atoms with van der Waals surface area (Å²) in [5.41, 5.74) is 2.61. The van der Waals surface area contributed by atoms with Crippen molar-refractivity contribution in [2.45, 2.75) is 13.5 Å². The van der Waals surface area contributed by atoms with Gasteiger partial charge in [0.25, 0.3) is 11.6 Å². The maximum absolute atomic E-state index is 12.5. The Hall–Kier alpha value is -3.86. The highest BCUT2D eigenvalue weighted by atomic mass is 35.5. The Balaban J connectivity index is 1.74. The molecule has 1 N–H and O–H groups in total. The number of nitro groups is 1. The van der Waals surface area contributed by atoms with Gasteiger partial charge in [0.05, 0.1) is 15.0 Å². The number of hydrogen-bond donors (Lipinski definition) is 1. The van der Waals surface area contributed by atoms with Crippen molar-refractivity contribution in [3.8, 4) is 11.8 Å². The number of amides is 1. The molecule has 0 atom stereocenters. The fourth-order valence-electron chi connectivity index (χ4n) is 2.82. The van der Waals surface area contributed by atoms with Crippen LogP contribution in [0.1, 0.15) is 16.7 Å². The lowest BCUT2D eigenvalue weighted by Gasteiger charge is -2.11. The summed E-state index contributed by atoms with van der Waals surface area (Å²) < 4.78 is 5.68. The Bertz CT molecular complexity index is 1240. The second-order valence-electron chi connectivity index (χ2n) is 7.02. The van der Waals surface area contributed by atoms with E-state index in [1.54, 1.807) is 24.3 Å². The predicted molar refractivity (Wildman–Crippen MR) is 127 cm³/mol. The van der Waals surface area contributed by atoms with Gasteiger partial charge < -0.3 is 10.1 Å². The van der Waals surface area contributed by atoms with Crippen LogP contribution >= 0.6 is 23.2 Å². The molecule has 0 saturated carbocycles. The number of nitrogens with zero attached hydrogens (tertiary/aromatic N) is 2. The molecule has 3 aromatic carbocycles. The molecule has 0 aliphatic heterocycles. The second-order valence-corrected chi connectivity index (χ2v) is 7.83. The summed E-state index contributed by atoms with van der Waals surface area (Å²) in [6.07, 6.45) is 1.38. The summed E-state index contributed by atoms with van der Waals surface area (Å²) in [5, 5.41) is 23.2. The number of carbonyl (C=O) groups excluding carboxylic acids is 1. The molecule has 0 fully saturated rings. The summed E-state index contributed by atoms with van der Waals surface area (Å²) in [6.45, 7) is 2.02. The zero-order valence-electron chi connectivity index (χ0n) is 17.3. The van der Waals surface area contributed by atoms with E-state index in [9.17, 15) is 20.2 Å². The van der Waals surface area contributed by atoms with Crippen molar-refractivity contribution in [1.29, 1.82) is 5.26 Å². The first-order valence-electron chi connectivity index (χ1n) is 9.62. The molecule has 0 radical (unpaired) electrons. The number of hydrogen-bond acceptors (Lipinski definition) is 5. The standard InChI is InChI=1S/C24H17Cl2N3O4/c1-15-2-6-19(7-3-15)28-24(30)18(13-27)10-17-11-21(25)23(22(26)12-17)33-14-16-4-8-20(9-5-16)29(31)32/h2-12H,14H2,1H3,(H,28,30)/b18-10+. The monoisotopic (exact) mass is 481 g/mol. The van der Waals surface area contributed by atoms with Crippen LogP contribution in [-0.4, -0.2) is 10.8 Å². The summed E-state index contributed by atoms with van der Waals surface area (Å²) >= 11 is 12.6. The number of nitriles is 1. The molecule has 0 spiro atoms. The smallest absolute Gasteiger partial charge is 0.269 e. The summed E-state index contributed by atoms with van der Waals surface area (Å²) in [5.74, 6) is -0.344. The molecule has 0 heterocycles. The third-order valence-electron chi connectivity index (χ3n) is 4.54. The summed E-state index contributed by atoms with van der Waals surface area (Å²) in [6, 6.07) is 18.0. The lowest BCUT2D eigenvalue weighted by molar-refractivity contribution is -0.384. The van der Waals surface area contributed by atoms with Gasteiger partial charge in [-0.1, -0.05) is 40.9 Å². The highest BCUT2D eigenvalue weighted by Crippen LogP contribution is 2.35. The van der Waals surface area contributed by atoms with Crippen LogP contribution in [0.25, 0.3) is 6.08 Å². The van der Waals surface area contributed by atoms with Gasteiger partial charge in [-0.15, -0.1) is 0 Å². The normalized spacial score (nSPS) is 10.9. The van der Waals surface area contributed by atoms with Gasteiger partial charge in [0.1, 0.15) is 18.2 Å². The highest BCUT2D eigenvalue weighted by molar-refractivity contribution is 6.37. The SMILES string of the molecule is Cc1ccc(NC(=O)/C(C#N)=C/c2cc(Cl)c(OCc3ccc([N+](=O)[O-])cc3)c(Cl)c2)cc1. The van der Waals surface area contributed by atoms with Gasteiger partial charge in [-0.3, -0.25) is 14.9 Å². The molecule has 0 bridgehead atoms. The average molecular weight is 482 g/mol. The first-order valence-corrected chi connectivity index (χ1v) is 10.4. The number of nitrogens with one attached hydrogen (secondary N) is 1. The molecule has 7 nitrogen and oxygen atoms in total. The number of anilines is 1. The van der Waals surface area contributed by atoms with Crippen LogP contribution in [0.5, 0.6) is 5.75 Å². The van der Waals surface area contributed by atoms with E-state index in [4.69, 9.17) is 27.9 Å². The molecule has 0 saturated heterocycles. The van der Waals surface area contributed by atoms with Gasteiger partial charge in [-0.2, -0.15) is 5.26 Å². The lowest BCUT2D eigenvalue weighted by Crippen LogP contribution is -2.13. The van der Waals surface area contributed by atoms with Crippen molar-refractivity contribution in [3.05, 3.63) is 103 Å². The van der Waals surface area contributed by atoms with Gasteiger partial charge in [-0.05, 0) is 60.5 Å². The van der Waals surface area contributed by atoms with Crippen molar-refractivity contribution < 1.29 is 14.5 Å². The zero-order valence-corrected chi connectivity index (χ0v) is 18.9. The first-order chi connectivity index (χ1) is 15.8. The molecule has 0 aliphatic carbocycles. The number of aryl methyl sites for hydroxylation is 1. The van der Waals surface area contributed by atoms with E-state index in [1.165, 1.54) is 30.3 Å². The number of carbonyl (C=O) groups is 1. The van der Waals surface area contributed by atoms with Crippen molar-refractivity contribution >= 4 is 46.6 Å². The summed E-state index contributed by atoms with van der Waals surface area (Å²) in [4.78, 5) is 22.7. The molecule has 0 aromatic heterocycles. The van der Waals surface area contributed by atoms with Gasteiger partial charge in [0, 0.05) is 17.8 Å². The number of ether oxygens (including phenoxy) is 1. The lowest BCUT2D eigenvalue weighted by atomic mass is 10.1. The maximum Gasteiger partial charge on any atom is 0.269 e. The van der Waals surface area contributed by atoms with Crippen molar-refractivity contribution in [3.63, 3.8) is 0 Å². The van der Waals surface area contributed by atoms with Crippen molar-refractivity contribution in [1.82, 2.24) is 0 Å². The minimum atomic E-state index is -0.563. The van der Waals surface area contributed by atoms with E-state index in [-0.39, 0.29) is 33.7 Å². The molecular formula is C24H17Cl2N3O4. The number of nitro benzene ring substituents is 1. The van der Waals surface area contributed by atoms with Gasteiger partial charge in [0.2, 0.25) is 0 Å². The van der Waals surface area contributed by atoms with Crippen LogP contribution < -0.4 is 10.1 Å². The van der Waals surface area contributed by atoms with Gasteiger partial charge >= 0.3 is 0 Å². The third-order valence-corrected chi connectivity index (χ3v) is 5.10. The molecule has 0 unspecified atom stereocenters. The Kier molecular flexibility index (Phi) is 7.67. The zero-order chi connectivity index (χ0) is 24.0. The van der Waals surface area contributed by atoms with E-state index in [1.807, 2.05) is 25.1 Å². The Morgan fingerprint density at radius 1 is 1.12 bits per heavy atom. The fraction of sp³-hybridized carbons (Fsp3) is 0.0833. The number of rotatable bonds is 7. The third kappa shape index (κ3) is 6.32. The molecule has 1 amide bonds. The molecule has 33 heavy (non-hydrogen) atoms. The Morgan fingerprint density at radius 2 is 1.73 bits per heavy atom. The highest BCUT2D eigenvalue weighted by Gasteiger charge is 2.14. The van der Waals surface area contributed by atoms with Crippen LogP contribution in [0.15, 0.2) is 66.2 Å². The van der Waals surface area contributed by atoms with Crippen molar-refractivity contribution in [2.75, 3.05) is 5.32 Å². The number of halogens is 2. The topological polar surface area (TPSA) is 105 Å². The van der Waals surface area contributed by atoms with E-state index < -0.39 is 10.8 Å². The summed E-state index contributed by atoms with van der Waals surface area (Å²) in [7, 11) is 0. The molecule has 0 aliphatic rings. The van der Waals surface area contributed by atoms with Gasteiger partial charge in [-0.25, -0.2) is 0 Å². The first kappa shape index (κ1) is 23.8. The molecule has 9 heteroatoms. The molecule has 166 valence electrons. The Morgan fingerprint density at radius 3 is 2.27 bits per heavy atom. The molecule has 3 aromatic rings. The van der Waals surface area contributed by atoms with E-state index in [2.05, 4.69) is 5.32 Å². The minimum absolute atomic E-state index is 0.0225. The van der Waals surface area contributed by atoms with Crippen LogP contribution in [0.4, 0.5) is 11.4 Å². The average Bonchev–Trinajstić information content (AvgIpc) is 2.78. The second kappa shape index (κ2) is 10.6. The Labute approximate surface area is 200 Å². The van der Waals surface area contributed by atoms with Crippen LogP contribution in [-0.2, 0) is 11.4 Å². The van der Waals surface area contributed by atoms with E-state index in [0.717, 1.165) is 5.56 Å². The maximum atomic E-state index is 12.5. The van der Waals surface area contributed by atoms with Gasteiger partial charge in [0.15, 0.2) is 5.75 Å². The van der Waals surface area contributed by atoms with Crippen LogP contribution in [0.3, 0.4) is 0 Å². The number of non-ortho nitro benzene ring substituents is 1. The largest absolute Gasteiger partial charge is 0.486 e. The molecular weight excluding hydrogens is 465 g/mol. The molecule has 3 rings (SSSR count). The van der Waals surface area contributed by atoms with Crippen LogP contribution in [0, 0.1) is 28.4 Å². The van der Waals surface area contributed by atoms with Crippen molar-refractivity contribution in [2.24, 2.45) is 0 Å². The quantitative estimate of drug-likeness (QED) is 0.183. The fourth-order valence-corrected chi connectivity index (χ4v) is 3.43. The van der Waals surface area contributed by atoms with E-state index in [0.29, 0.717) is 16.8 Å².